The summed E-state index contributed by atoms with van der Waals surface area (Å²) >= 11 is 0. The summed E-state index contributed by atoms with van der Waals surface area (Å²) in [6.45, 7) is 1.69. The molecule has 0 aliphatic carbocycles. The van der Waals surface area contributed by atoms with Gasteiger partial charge in [0.25, 0.3) is 5.91 Å². The van der Waals surface area contributed by atoms with Crippen molar-refractivity contribution in [1.29, 1.82) is 0 Å². The van der Waals surface area contributed by atoms with Crippen molar-refractivity contribution in [2.45, 2.75) is 6.92 Å². The van der Waals surface area contributed by atoms with Crippen LogP contribution in [0, 0.1) is 6.92 Å². The van der Waals surface area contributed by atoms with Crippen LogP contribution in [0.3, 0.4) is 0 Å². The second-order valence-corrected chi connectivity index (χ2v) is 5.27. The van der Waals surface area contributed by atoms with E-state index < -0.39 is 0 Å². The van der Waals surface area contributed by atoms with Crippen LogP contribution in [0.5, 0.6) is 5.75 Å². The number of aromatic nitrogens is 1. The maximum atomic E-state index is 12.5. The number of ether oxygens (including phenoxy) is 1. The lowest BCUT2D eigenvalue weighted by atomic mass is 10.1. The van der Waals surface area contributed by atoms with Gasteiger partial charge in [-0.1, -0.05) is 47.6 Å². The highest BCUT2D eigenvalue weighted by atomic mass is 16.5. The minimum absolute atomic E-state index is 0.364. The number of aryl methyl sites for hydroxylation is 1. The zero-order valence-corrected chi connectivity index (χ0v) is 13.9. The average molecular weight is 335 g/mol. The molecular formula is C19H17N3O3. The molecule has 0 atom stereocenters. The molecule has 0 spiro atoms. The Hall–Kier alpha value is -3.41. The van der Waals surface area contributed by atoms with Crippen molar-refractivity contribution in [3.63, 3.8) is 0 Å². The summed E-state index contributed by atoms with van der Waals surface area (Å²) in [5.74, 6) is 0.722. The summed E-state index contributed by atoms with van der Waals surface area (Å²) in [6, 6.07) is 16.8. The first-order chi connectivity index (χ1) is 12.2. The van der Waals surface area contributed by atoms with Crippen LogP contribution in [0.1, 0.15) is 21.7 Å². The molecule has 3 aromatic rings. The van der Waals surface area contributed by atoms with Gasteiger partial charge in [0.2, 0.25) is 0 Å². The van der Waals surface area contributed by atoms with Crippen molar-refractivity contribution in [1.82, 2.24) is 10.6 Å². The highest BCUT2D eigenvalue weighted by Gasteiger charge is 2.21. The zero-order valence-electron chi connectivity index (χ0n) is 13.9. The number of nitrogens with one attached hydrogen (secondary N) is 1. The molecule has 0 radical (unpaired) electrons. The molecule has 2 aromatic carbocycles. The molecule has 6 nitrogen and oxygen atoms in total. The summed E-state index contributed by atoms with van der Waals surface area (Å²) in [7, 11) is 1.58. The highest BCUT2D eigenvalue weighted by Crippen LogP contribution is 2.24. The third kappa shape index (κ3) is 3.58. The molecule has 0 aliphatic rings. The van der Waals surface area contributed by atoms with Crippen LogP contribution in [0.25, 0.3) is 11.3 Å². The molecule has 126 valence electrons. The number of methoxy groups -OCH3 is 1. The smallest absolute Gasteiger partial charge is 0.277 e. The number of rotatable bonds is 5. The molecule has 6 heteroatoms. The van der Waals surface area contributed by atoms with E-state index in [0.717, 1.165) is 11.1 Å². The van der Waals surface area contributed by atoms with E-state index in [-0.39, 0.29) is 5.91 Å². The first-order valence-corrected chi connectivity index (χ1v) is 7.69. The van der Waals surface area contributed by atoms with Gasteiger partial charge in [0.05, 0.1) is 13.3 Å². The molecule has 0 unspecified atom stereocenters. The van der Waals surface area contributed by atoms with Crippen LogP contribution in [0.4, 0.5) is 0 Å². The van der Waals surface area contributed by atoms with Crippen LogP contribution in [0.2, 0.25) is 0 Å². The summed E-state index contributed by atoms with van der Waals surface area (Å²) in [6.07, 6.45) is 1.53. The van der Waals surface area contributed by atoms with Gasteiger partial charge < -0.3 is 9.26 Å². The molecule has 1 amide bonds. The molecule has 1 aromatic heterocycles. The number of nitrogens with zero attached hydrogens (tertiary/aromatic N) is 2. The van der Waals surface area contributed by atoms with Crippen molar-refractivity contribution in [2.75, 3.05) is 7.11 Å². The van der Waals surface area contributed by atoms with Crippen LogP contribution >= 0.6 is 0 Å². The Morgan fingerprint density at radius 3 is 2.64 bits per heavy atom. The van der Waals surface area contributed by atoms with Gasteiger partial charge in [0, 0.05) is 11.1 Å². The summed E-state index contributed by atoms with van der Waals surface area (Å²) in [5.41, 5.74) is 4.93. The number of hydrazone groups is 1. The van der Waals surface area contributed by atoms with E-state index in [0.29, 0.717) is 22.8 Å². The first kappa shape index (κ1) is 16.4. The fraction of sp³-hybridized carbons (Fsp3) is 0.105. The lowest BCUT2D eigenvalue weighted by molar-refractivity contribution is 0.0954. The zero-order chi connectivity index (χ0) is 17.6. The Labute approximate surface area is 145 Å². The van der Waals surface area contributed by atoms with E-state index in [1.54, 1.807) is 14.0 Å². The third-order valence-corrected chi connectivity index (χ3v) is 3.65. The molecule has 0 fully saturated rings. The predicted molar refractivity (Wildman–Crippen MR) is 94.7 cm³/mol. The third-order valence-electron chi connectivity index (χ3n) is 3.65. The van der Waals surface area contributed by atoms with E-state index in [4.69, 9.17) is 9.26 Å². The first-order valence-electron chi connectivity index (χ1n) is 7.69. The summed E-state index contributed by atoms with van der Waals surface area (Å²) in [4.78, 5) is 12.5. The number of hydrogen-bond acceptors (Lipinski definition) is 5. The minimum Gasteiger partial charge on any atom is -0.496 e. The van der Waals surface area contributed by atoms with Gasteiger partial charge in [-0.05, 0) is 19.1 Å². The number of hydrogen-bond donors (Lipinski definition) is 1. The molecule has 0 aliphatic heterocycles. The van der Waals surface area contributed by atoms with E-state index in [1.165, 1.54) is 6.21 Å². The Morgan fingerprint density at radius 1 is 1.16 bits per heavy atom. The van der Waals surface area contributed by atoms with Gasteiger partial charge in [-0.15, -0.1) is 0 Å². The molecular weight excluding hydrogens is 318 g/mol. The standard InChI is InChI=1S/C19H17N3O3/c1-13-17(18(22-25-13)14-8-4-3-5-9-14)19(23)21-20-12-15-10-6-7-11-16(15)24-2/h3-12H,1-2H3,(H,21,23). The SMILES string of the molecule is COc1ccccc1C=NNC(=O)c1c(-c2ccccc2)noc1C. The molecule has 0 saturated heterocycles. The van der Waals surface area contributed by atoms with E-state index in [1.807, 2.05) is 54.6 Å². The van der Waals surface area contributed by atoms with Crippen molar-refractivity contribution >= 4 is 12.1 Å². The van der Waals surface area contributed by atoms with Gasteiger partial charge in [-0.3, -0.25) is 4.79 Å². The van der Waals surface area contributed by atoms with Gasteiger partial charge >= 0.3 is 0 Å². The summed E-state index contributed by atoms with van der Waals surface area (Å²) in [5, 5.41) is 8.00. The van der Waals surface area contributed by atoms with Crippen molar-refractivity contribution in [3.8, 4) is 17.0 Å². The Bertz CT molecular complexity index is 901. The molecule has 1 heterocycles. The monoisotopic (exact) mass is 335 g/mol. The lowest BCUT2D eigenvalue weighted by Gasteiger charge is -2.04. The normalized spacial score (nSPS) is 10.8. The lowest BCUT2D eigenvalue weighted by Crippen LogP contribution is -2.18. The van der Waals surface area contributed by atoms with Crippen LogP contribution < -0.4 is 10.2 Å². The van der Waals surface area contributed by atoms with Gasteiger partial charge in [0.1, 0.15) is 22.8 Å². The van der Waals surface area contributed by atoms with Crippen LogP contribution in [-0.4, -0.2) is 24.4 Å². The maximum Gasteiger partial charge on any atom is 0.277 e. The van der Waals surface area contributed by atoms with Gasteiger partial charge in [-0.2, -0.15) is 5.10 Å². The molecule has 25 heavy (non-hydrogen) atoms. The number of carbonyl (C=O) groups excluding carboxylic acids is 1. The minimum atomic E-state index is -0.385. The van der Waals surface area contributed by atoms with Gasteiger partial charge in [0.15, 0.2) is 0 Å². The number of para-hydroxylation sites is 1. The molecule has 0 saturated carbocycles. The fourth-order valence-electron chi connectivity index (χ4n) is 2.42. The molecule has 1 N–H and O–H groups in total. The maximum absolute atomic E-state index is 12.5. The van der Waals surface area contributed by atoms with Crippen LogP contribution in [-0.2, 0) is 0 Å². The van der Waals surface area contributed by atoms with Crippen LogP contribution in [0.15, 0.2) is 64.2 Å². The average Bonchev–Trinajstić information content (AvgIpc) is 3.04. The Morgan fingerprint density at radius 2 is 1.88 bits per heavy atom. The number of carbonyl (C=O) groups is 1. The quantitative estimate of drug-likeness (QED) is 0.572. The van der Waals surface area contributed by atoms with E-state index in [9.17, 15) is 4.79 Å². The number of amides is 1. The predicted octanol–water partition coefficient (Wildman–Crippen LogP) is 3.42. The topological polar surface area (TPSA) is 76.7 Å². The second kappa shape index (κ2) is 7.44. The van der Waals surface area contributed by atoms with Crippen molar-refractivity contribution in [3.05, 3.63) is 71.5 Å². The largest absolute Gasteiger partial charge is 0.496 e. The van der Waals surface area contributed by atoms with E-state index in [2.05, 4.69) is 15.7 Å². The highest BCUT2D eigenvalue weighted by molar-refractivity contribution is 6.01. The Balaban J connectivity index is 1.81. The van der Waals surface area contributed by atoms with E-state index >= 15 is 0 Å². The molecule has 0 bridgehead atoms. The van der Waals surface area contributed by atoms with Crippen molar-refractivity contribution < 1.29 is 14.1 Å². The number of benzene rings is 2. The summed E-state index contributed by atoms with van der Waals surface area (Å²) < 4.78 is 10.4. The van der Waals surface area contributed by atoms with Crippen molar-refractivity contribution in [2.24, 2.45) is 5.10 Å². The second-order valence-electron chi connectivity index (χ2n) is 5.27. The molecule has 3 rings (SSSR count). The Kier molecular flexibility index (Phi) is 4.89. The van der Waals surface area contributed by atoms with Gasteiger partial charge in [-0.25, -0.2) is 5.43 Å². The fourth-order valence-corrected chi connectivity index (χ4v) is 2.42.